The molecule has 2 aromatic carbocycles. The van der Waals surface area contributed by atoms with E-state index in [2.05, 4.69) is 0 Å². The van der Waals surface area contributed by atoms with Crippen LogP contribution in [0.1, 0.15) is 55.4 Å². The number of nitrogens with two attached hydrogens (primary N) is 2. The summed E-state index contributed by atoms with van der Waals surface area (Å²) in [6, 6.07) is 7.80. The Kier molecular flexibility index (Phi) is 4.58. The lowest BCUT2D eigenvalue weighted by atomic mass is 9.75. The Morgan fingerprint density at radius 3 is 1.07 bits per heavy atom. The van der Waals surface area contributed by atoms with Crippen molar-refractivity contribution in [3.8, 4) is 0 Å². The molecule has 0 aromatic heterocycles. The molecule has 0 radical (unpaired) electrons. The predicted octanol–water partition coefficient (Wildman–Crippen LogP) is 2.60. The molecular weight excluding hydrogens is 378 g/mol. The molecule has 0 atom stereocenters. The van der Waals surface area contributed by atoms with Gasteiger partial charge in [-0.25, -0.2) is 0 Å². The van der Waals surface area contributed by atoms with Gasteiger partial charge in [-0.2, -0.15) is 0 Å². The summed E-state index contributed by atoms with van der Waals surface area (Å²) >= 11 is 0. The summed E-state index contributed by atoms with van der Waals surface area (Å²) in [6.45, 7) is 16.2. The lowest BCUT2D eigenvalue weighted by molar-refractivity contribution is 0.00578. The zero-order valence-electron chi connectivity index (χ0n) is 19.3. The average molecular weight is 410 g/mol. The van der Waals surface area contributed by atoms with Crippen LogP contribution in [0.5, 0.6) is 0 Å². The minimum absolute atomic E-state index is 0.423. The number of nitrogen functional groups attached to an aromatic ring is 2. The van der Waals surface area contributed by atoms with E-state index in [-0.39, 0.29) is 0 Å². The first-order chi connectivity index (χ1) is 13.6. The molecule has 2 aliphatic rings. The summed E-state index contributed by atoms with van der Waals surface area (Å²) in [5.41, 5.74) is 14.2. The number of benzene rings is 2. The van der Waals surface area contributed by atoms with Crippen LogP contribution >= 0.6 is 0 Å². The van der Waals surface area contributed by atoms with Gasteiger partial charge in [0.05, 0.1) is 22.4 Å². The SMILES string of the molecule is CC1(C)OB(c2cc(N)c3cc(B4OC(C)(C)C(C)(C)O4)cc(N)c3c2)OC1(C)C. The highest BCUT2D eigenvalue weighted by Crippen LogP contribution is 2.38. The maximum absolute atomic E-state index is 6.45. The quantitative estimate of drug-likeness (QED) is 0.585. The standard InChI is InChI=1S/C22H32B2N2O4/c1-19(2)20(3,4)28-23(27-19)13-9-15-16(17(25)11-13)10-14(12-18(15)26)24-29-21(5,6)22(7,8)30-24/h9-12H,25-26H2,1-8H3. The van der Waals surface area contributed by atoms with Crippen molar-refractivity contribution in [3.05, 3.63) is 24.3 Å². The fourth-order valence-corrected chi connectivity index (χ4v) is 3.79. The highest BCUT2D eigenvalue weighted by Gasteiger charge is 2.53. The van der Waals surface area contributed by atoms with Crippen molar-refractivity contribution in [3.63, 3.8) is 0 Å². The van der Waals surface area contributed by atoms with Gasteiger partial charge in [-0.15, -0.1) is 0 Å². The molecule has 0 amide bonds. The molecule has 30 heavy (non-hydrogen) atoms. The first-order valence-corrected chi connectivity index (χ1v) is 10.5. The average Bonchev–Trinajstić information content (AvgIpc) is 2.95. The van der Waals surface area contributed by atoms with Gasteiger partial charge in [-0.1, -0.05) is 12.1 Å². The minimum Gasteiger partial charge on any atom is -0.399 e. The topological polar surface area (TPSA) is 89.0 Å². The summed E-state index contributed by atoms with van der Waals surface area (Å²) in [6.07, 6.45) is 0. The van der Waals surface area contributed by atoms with Crippen LogP contribution in [0.4, 0.5) is 11.4 Å². The molecule has 2 heterocycles. The molecule has 0 aliphatic carbocycles. The van der Waals surface area contributed by atoms with Crippen LogP contribution in [0, 0.1) is 0 Å². The van der Waals surface area contributed by atoms with E-state index in [0.717, 1.165) is 21.7 Å². The minimum atomic E-state index is -0.496. The van der Waals surface area contributed by atoms with Crippen molar-refractivity contribution in [2.24, 2.45) is 0 Å². The fraction of sp³-hybridized carbons (Fsp3) is 0.545. The van der Waals surface area contributed by atoms with Gasteiger partial charge < -0.3 is 30.1 Å². The number of fused-ring (bicyclic) bond motifs is 1. The van der Waals surface area contributed by atoms with Crippen molar-refractivity contribution in [2.75, 3.05) is 11.5 Å². The molecule has 0 bridgehead atoms. The monoisotopic (exact) mass is 410 g/mol. The van der Waals surface area contributed by atoms with E-state index in [1.54, 1.807) is 0 Å². The van der Waals surface area contributed by atoms with Crippen LogP contribution in [0.25, 0.3) is 10.8 Å². The third-order valence-corrected chi connectivity index (χ3v) is 7.23. The normalized spacial score (nSPS) is 24.0. The lowest BCUT2D eigenvalue weighted by Gasteiger charge is -2.32. The van der Waals surface area contributed by atoms with Gasteiger partial charge in [0.15, 0.2) is 0 Å². The number of anilines is 2. The molecule has 0 saturated carbocycles. The first kappa shape index (κ1) is 21.5. The third kappa shape index (κ3) is 3.21. The number of hydrogen-bond acceptors (Lipinski definition) is 6. The van der Waals surface area contributed by atoms with Crippen molar-refractivity contribution in [1.82, 2.24) is 0 Å². The van der Waals surface area contributed by atoms with Gasteiger partial charge in [0, 0.05) is 22.1 Å². The summed E-state index contributed by atoms with van der Waals surface area (Å²) < 4.78 is 24.7. The van der Waals surface area contributed by atoms with Crippen LogP contribution in [0.2, 0.25) is 0 Å². The molecule has 2 fully saturated rings. The van der Waals surface area contributed by atoms with Gasteiger partial charge in [-0.05, 0) is 78.4 Å². The fourth-order valence-electron chi connectivity index (χ4n) is 3.79. The van der Waals surface area contributed by atoms with Gasteiger partial charge in [0.25, 0.3) is 0 Å². The molecule has 4 rings (SSSR count). The van der Waals surface area contributed by atoms with Gasteiger partial charge in [0.1, 0.15) is 0 Å². The maximum Gasteiger partial charge on any atom is 0.494 e. The molecule has 2 aliphatic heterocycles. The Morgan fingerprint density at radius 1 is 0.533 bits per heavy atom. The van der Waals surface area contributed by atoms with E-state index in [0.29, 0.717) is 11.4 Å². The van der Waals surface area contributed by atoms with Crippen molar-refractivity contribution in [1.29, 1.82) is 0 Å². The second-order valence-corrected chi connectivity index (χ2v) is 10.5. The second kappa shape index (κ2) is 6.39. The molecule has 2 saturated heterocycles. The highest BCUT2D eigenvalue weighted by atomic mass is 16.7. The second-order valence-electron chi connectivity index (χ2n) is 10.5. The van der Waals surface area contributed by atoms with Crippen molar-refractivity contribution < 1.29 is 18.6 Å². The van der Waals surface area contributed by atoms with Gasteiger partial charge in [-0.3, -0.25) is 0 Å². The van der Waals surface area contributed by atoms with Crippen LogP contribution in [0.3, 0.4) is 0 Å². The van der Waals surface area contributed by atoms with Gasteiger partial charge in [0.2, 0.25) is 0 Å². The number of hydrogen-bond donors (Lipinski definition) is 2. The van der Waals surface area contributed by atoms with Crippen molar-refractivity contribution in [2.45, 2.75) is 77.8 Å². The maximum atomic E-state index is 6.45. The van der Waals surface area contributed by atoms with E-state index in [1.807, 2.05) is 79.7 Å². The summed E-state index contributed by atoms with van der Waals surface area (Å²) in [5, 5.41) is 1.72. The van der Waals surface area contributed by atoms with Gasteiger partial charge >= 0.3 is 14.2 Å². The smallest absolute Gasteiger partial charge is 0.399 e. The molecule has 4 N–H and O–H groups in total. The zero-order chi connectivity index (χ0) is 22.3. The Morgan fingerprint density at radius 2 is 0.800 bits per heavy atom. The number of rotatable bonds is 2. The molecular formula is C22H32B2N2O4. The first-order valence-electron chi connectivity index (χ1n) is 10.5. The molecule has 8 heteroatoms. The van der Waals surface area contributed by atoms with E-state index in [1.165, 1.54) is 0 Å². The van der Waals surface area contributed by atoms with Crippen LogP contribution in [-0.2, 0) is 18.6 Å². The van der Waals surface area contributed by atoms with Crippen molar-refractivity contribution >= 4 is 47.3 Å². The summed E-state index contributed by atoms with van der Waals surface area (Å²) in [5.74, 6) is 0. The van der Waals surface area contributed by atoms with Crippen LogP contribution < -0.4 is 22.4 Å². The van der Waals surface area contributed by atoms with E-state index in [9.17, 15) is 0 Å². The molecule has 6 nitrogen and oxygen atoms in total. The van der Waals surface area contributed by atoms with Crippen LogP contribution in [0.15, 0.2) is 24.3 Å². The molecule has 0 unspecified atom stereocenters. The highest BCUT2D eigenvalue weighted by molar-refractivity contribution is 6.63. The summed E-state index contributed by atoms with van der Waals surface area (Å²) in [7, 11) is -0.993. The Hall–Kier alpha value is -1.73. The Balaban J connectivity index is 1.73. The van der Waals surface area contributed by atoms with E-state index >= 15 is 0 Å². The molecule has 160 valence electrons. The van der Waals surface area contributed by atoms with Crippen LogP contribution in [-0.4, -0.2) is 36.6 Å². The lowest BCUT2D eigenvalue weighted by Crippen LogP contribution is -2.41. The summed E-state index contributed by atoms with van der Waals surface area (Å²) in [4.78, 5) is 0. The predicted molar refractivity (Wildman–Crippen MR) is 124 cm³/mol. The van der Waals surface area contributed by atoms with E-state index in [4.69, 9.17) is 30.1 Å². The third-order valence-electron chi connectivity index (χ3n) is 7.23. The Labute approximate surface area is 179 Å². The zero-order valence-corrected chi connectivity index (χ0v) is 19.3. The molecule has 2 aromatic rings. The van der Waals surface area contributed by atoms with E-state index < -0.39 is 36.6 Å². The Bertz CT molecular complexity index is 907. The molecule has 0 spiro atoms. The largest absolute Gasteiger partial charge is 0.494 e.